The van der Waals surface area contributed by atoms with E-state index in [0.29, 0.717) is 5.92 Å². The number of hydrogen-bond acceptors (Lipinski definition) is 2. The lowest BCUT2D eigenvalue weighted by Crippen LogP contribution is -2.50. The van der Waals surface area contributed by atoms with E-state index in [4.69, 9.17) is 0 Å². The molecule has 0 atom stereocenters. The SMILES string of the molecule is CNCCC1CN(C(=O)c2ccc(C)cc2)C1. The zero-order chi connectivity index (χ0) is 12.3. The molecule has 3 nitrogen and oxygen atoms in total. The Bertz CT molecular complexity index is 380. The van der Waals surface area contributed by atoms with E-state index >= 15 is 0 Å². The van der Waals surface area contributed by atoms with Gasteiger partial charge in [-0.2, -0.15) is 0 Å². The van der Waals surface area contributed by atoms with Crippen LogP contribution in [-0.2, 0) is 0 Å². The third-order valence-corrected chi connectivity index (χ3v) is 3.35. The molecule has 0 bridgehead atoms. The Morgan fingerprint density at radius 2 is 2.00 bits per heavy atom. The number of carbonyl (C=O) groups excluding carboxylic acids is 1. The molecule has 1 saturated heterocycles. The van der Waals surface area contributed by atoms with Crippen LogP contribution in [-0.4, -0.2) is 37.5 Å². The molecule has 1 heterocycles. The summed E-state index contributed by atoms with van der Waals surface area (Å²) in [5.74, 6) is 0.850. The number of carbonyl (C=O) groups is 1. The van der Waals surface area contributed by atoms with Gasteiger partial charge in [0.05, 0.1) is 0 Å². The van der Waals surface area contributed by atoms with Gasteiger partial charge in [-0.25, -0.2) is 0 Å². The number of nitrogens with zero attached hydrogens (tertiary/aromatic N) is 1. The Balaban J connectivity index is 1.85. The average Bonchev–Trinajstić information content (AvgIpc) is 2.28. The zero-order valence-electron chi connectivity index (χ0n) is 10.6. The third-order valence-electron chi connectivity index (χ3n) is 3.35. The molecule has 2 rings (SSSR count). The van der Waals surface area contributed by atoms with Crippen LogP contribution in [0.15, 0.2) is 24.3 Å². The molecule has 3 heteroatoms. The second-order valence-electron chi connectivity index (χ2n) is 4.83. The molecule has 17 heavy (non-hydrogen) atoms. The van der Waals surface area contributed by atoms with E-state index in [2.05, 4.69) is 5.32 Å². The molecule has 1 aliphatic heterocycles. The second-order valence-corrected chi connectivity index (χ2v) is 4.83. The summed E-state index contributed by atoms with van der Waals surface area (Å²) in [5.41, 5.74) is 2.00. The Hall–Kier alpha value is -1.35. The van der Waals surface area contributed by atoms with Gasteiger partial charge < -0.3 is 10.2 Å². The first kappa shape index (κ1) is 12.1. The van der Waals surface area contributed by atoms with Crippen molar-refractivity contribution in [3.8, 4) is 0 Å². The van der Waals surface area contributed by atoms with Crippen molar-refractivity contribution in [2.24, 2.45) is 5.92 Å². The lowest BCUT2D eigenvalue weighted by Gasteiger charge is -2.39. The second kappa shape index (κ2) is 5.32. The lowest BCUT2D eigenvalue weighted by atomic mass is 9.95. The van der Waals surface area contributed by atoms with Crippen molar-refractivity contribution in [2.45, 2.75) is 13.3 Å². The average molecular weight is 232 g/mol. The summed E-state index contributed by atoms with van der Waals surface area (Å²) in [4.78, 5) is 14.0. The molecule has 0 radical (unpaired) electrons. The quantitative estimate of drug-likeness (QED) is 0.856. The van der Waals surface area contributed by atoms with Gasteiger partial charge in [0.1, 0.15) is 0 Å². The van der Waals surface area contributed by atoms with E-state index in [9.17, 15) is 4.79 Å². The molecule has 1 aromatic carbocycles. The zero-order valence-corrected chi connectivity index (χ0v) is 10.6. The summed E-state index contributed by atoms with van der Waals surface area (Å²) < 4.78 is 0. The van der Waals surface area contributed by atoms with Crippen molar-refractivity contribution in [1.82, 2.24) is 10.2 Å². The fraction of sp³-hybridized carbons (Fsp3) is 0.500. The highest BCUT2D eigenvalue weighted by Crippen LogP contribution is 2.21. The number of nitrogens with one attached hydrogen (secondary N) is 1. The largest absolute Gasteiger partial charge is 0.338 e. The number of aryl methyl sites for hydroxylation is 1. The van der Waals surface area contributed by atoms with E-state index in [1.165, 1.54) is 5.56 Å². The topological polar surface area (TPSA) is 32.3 Å². The van der Waals surface area contributed by atoms with E-state index in [1.54, 1.807) is 0 Å². The maximum absolute atomic E-state index is 12.1. The van der Waals surface area contributed by atoms with Gasteiger partial charge >= 0.3 is 0 Å². The number of amides is 1. The first-order chi connectivity index (χ1) is 8.20. The van der Waals surface area contributed by atoms with Crippen LogP contribution in [0, 0.1) is 12.8 Å². The number of hydrogen-bond donors (Lipinski definition) is 1. The third kappa shape index (κ3) is 2.86. The molecule has 1 aliphatic rings. The molecule has 0 unspecified atom stereocenters. The van der Waals surface area contributed by atoms with Crippen molar-refractivity contribution < 1.29 is 4.79 Å². The van der Waals surface area contributed by atoms with Crippen molar-refractivity contribution in [3.63, 3.8) is 0 Å². The summed E-state index contributed by atoms with van der Waals surface area (Å²) in [6.45, 7) is 4.89. The Labute approximate surface area is 103 Å². The maximum atomic E-state index is 12.1. The summed E-state index contributed by atoms with van der Waals surface area (Å²) in [6.07, 6.45) is 1.16. The summed E-state index contributed by atoms with van der Waals surface area (Å²) in [6, 6.07) is 7.81. The molecule has 0 spiro atoms. The maximum Gasteiger partial charge on any atom is 0.253 e. The molecular weight excluding hydrogens is 212 g/mol. The van der Waals surface area contributed by atoms with Crippen molar-refractivity contribution in [3.05, 3.63) is 35.4 Å². The van der Waals surface area contributed by atoms with Gasteiger partial charge in [0.15, 0.2) is 0 Å². The summed E-state index contributed by atoms with van der Waals surface area (Å²) in [7, 11) is 1.97. The van der Waals surface area contributed by atoms with Crippen molar-refractivity contribution in [1.29, 1.82) is 0 Å². The molecular formula is C14H20N2O. The number of benzene rings is 1. The van der Waals surface area contributed by atoms with Gasteiger partial charge in [0, 0.05) is 18.7 Å². The van der Waals surface area contributed by atoms with Gasteiger partial charge in [0.25, 0.3) is 5.91 Å². The van der Waals surface area contributed by atoms with E-state index in [1.807, 2.05) is 43.1 Å². The first-order valence-electron chi connectivity index (χ1n) is 6.21. The van der Waals surface area contributed by atoms with Crippen LogP contribution in [0.5, 0.6) is 0 Å². The minimum absolute atomic E-state index is 0.172. The van der Waals surface area contributed by atoms with Crippen LogP contribution in [0.1, 0.15) is 22.3 Å². The van der Waals surface area contributed by atoms with Crippen LogP contribution in [0.4, 0.5) is 0 Å². The summed E-state index contributed by atoms with van der Waals surface area (Å²) in [5, 5.41) is 3.15. The van der Waals surface area contributed by atoms with Gasteiger partial charge in [-0.1, -0.05) is 17.7 Å². The fourth-order valence-electron chi connectivity index (χ4n) is 2.15. The van der Waals surface area contributed by atoms with Crippen LogP contribution < -0.4 is 5.32 Å². The fourth-order valence-corrected chi connectivity index (χ4v) is 2.15. The van der Waals surface area contributed by atoms with Crippen LogP contribution in [0.3, 0.4) is 0 Å². The molecule has 1 amide bonds. The predicted molar refractivity (Wildman–Crippen MR) is 69.1 cm³/mol. The number of rotatable bonds is 4. The normalized spacial score (nSPS) is 15.8. The number of likely N-dealkylation sites (tertiary alicyclic amines) is 1. The minimum Gasteiger partial charge on any atom is -0.338 e. The molecule has 92 valence electrons. The van der Waals surface area contributed by atoms with Crippen molar-refractivity contribution >= 4 is 5.91 Å². The Kier molecular flexibility index (Phi) is 3.79. The van der Waals surface area contributed by atoms with Gasteiger partial charge in [-0.3, -0.25) is 4.79 Å². The standard InChI is InChI=1S/C14H20N2O/c1-11-3-5-13(6-4-11)14(17)16-9-12(10-16)7-8-15-2/h3-6,12,15H,7-10H2,1-2H3. The molecule has 1 aromatic rings. The predicted octanol–water partition coefficient (Wildman–Crippen LogP) is 1.68. The first-order valence-corrected chi connectivity index (χ1v) is 6.21. The molecule has 0 aliphatic carbocycles. The molecule has 1 N–H and O–H groups in total. The summed E-state index contributed by atoms with van der Waals surface area (Å²) >= 11 is 0. The highest BCUT2D eigenvalue weighted by Gasteiger charge is 2.30. The van der Waals surface area contributed by atoms with Crippen LogP contribution >= 0.6 is 0 Å². The molecule has 0 saturated carbocycles. The minimum atomic E-state index is 0.172. The van der Waals surface area contributed by atoms with Gasteiger partial charge in [-0.05, 0) is 45.0 Å². The molecule has 0 aromatic heterocycles. The Morgan fingerprint density at radius 1 is 1.35 bits per heavy atom. The highest BCUT2D eigenvalue weighted by atomic mass is 16.2. The van der Waals surface area contributed by atoms with E-state index in [-0.39, 0.29) is 5.91 Å². The van der Waals surface area contributed by atoms with Gasteiger partial charge in [0.2, 0.25) is 0 Å². The van der Waals surface area contributed by atoms with Gasteiger partial charge in [-0.15, -0.1) is 0 Å². The van der Waals surface area contributed by atoms with E-state index < -0.39 is 0 Å². The van der Waals surface area contributed by atoms with Crippen molar-refractivity contribution in [2.75, 3.05) is 26.7 Å². The van der Waals surface area contributed by atoms with E-state index in [0.717, 1.165) is 31.6 Å². The van der Waals surface area contributed by atoms with Crippen LogP contribution in [0.2, 0.25) is 0 Å². The Morgan fingerprint density at radius 3 is 2.59 bits per heavy atom. The monoisotopic (exact) mass is 232 g/mol. The smallest absolute Gasteiger partial charge is 0.253 e. The molecule has 1 fully saturated rings. The van der Waals surface area contributed by atoms with Crippen LogP contribution in [0.25, 0.3) is 0 Å². The lowest BCUT2D eigenvalue weighted by molar-refractivity contribution is 0.0487. The highest BCUT2D eigenvalue weighted by molar-refractivity contribution is 5.94.